The van der Waals surface area contributed by atoms with E-state index in [-0.39, 0.29) is 11.9 Å². The van der Waals surface area contributed by atoms with E-state index in [4.69, 9.17) is 0 Å². The van der Waals surface area contributed by atoms with Crippen LogP contribution in [0.15, 0.2) is 6.20 Å². The monoisotopic (exact) mass is 285 g/mol. The second-order valence-electron chi connectivity index (χ2n) is 4.29. The van der Waals surface area contributed by atoms with Crippen molar-refractivity contribution in [3.8, 4) is 0 Å². The van der Waals surface area contributed by atoms with E-state index in [1.54, 1.807) is 6.20 Å². The molecule has 4 nitrogen and oxygen atoms in total. The molecule has 2 unspecified atom stereocenters. The van der Waals surface area contributed by atoms with E-state index in [0.717, 1.165) is 18.5 Å². The minimum absolute atomic E-state index is 0.0254. The molecular formula is C11H16BrN3O. The maximum Gasteiger partial charge on any atom is 0.254 e. The van der Waals surface area contributed by atoms with Crippen molar-refractivity contribution in [3.63, 3.8) is 0 Å². The molecular weight excluding hydrogens is 270 g/mol. The lowest BCUT2D eigenvalue weighted by molar-refractivity contribution is 0.0929. The van der Waals surface area contributed by atoms with Gasteiger partial charge < -0.3 is 5.32 Å². The van der Waals surface area contributed by atoms with Crippen LogP contribution < -0.4 is 5.32 Å². The molecule has 0 spiro atoms. The van der Waals surface area contributed by atoms with Crippen LogP contribution >= 0.6 is 15.9 Å². The highest BCUT2D eigenvalue weighted by Gasteiger charge is 2.25. The van der Waals surface area contributed by atoms with E-state index in [9.17, 15) is 4.79 Å². The predicted molar refractivity (Wildman–Crippen MR) is 65.8 cm³/mol. The smallest absolute Gasteiger partial charge is 0.254 e. The Morgan fingerprint density at radius 3 is 2.94 bits per heavy atom. The molecule has 0 bridgehead atoms. The lowest BCUT2D eigenvalue weighted by Crippen LogP contribution is -2.42. The summed E-state index contributed by atoms with van der Waals surface area (Å²) < 4.78 is 0. The summed E-state index contributed by atoms with van der Waals surface area (Å²) in [6, 6.07) is 0.246. The van der Waals surface area contributed by atoms with Crippen molar-refractivity contribution >= 4 is 21.8 Å². The average molecular weight is 286 g/mol. The molecule has 1 aromatic rings. The third kappa shape index (κ3) is 2.45. The first kappa shape index (κ1) is 11.6. The van der Waals surface area contributed by atoms with Gasteiger partial charge in [0.25, 0.3) is 5.91 Å². The Balaban J connectivity index is 1.99. The number of nitrogens with one attached hydrogen (secondary N) is 2. The summed E-state index contributed by atoms with van der Waals surface area (Å²) in [6.07, 6.45) is 6.20. The first-order valence-corrected chi connectivity index (χ1v) is 6.55. The normalized spacial score (nSPS) is 25.4. The topological polar surface area (TPSA) is 57.8 Å². The summed E-state index contributed by atoms with van der Waals surface area (Å²) in [6.45, 7) is 1.86. The van der Waals surface area contributed by atoms with Crippen LogP contribution in [0.5, 0.6) is 0 Å². The number of aryl methyl sites for hydroxylation is 1. The Morgan fingerprint density at radius 1 is 1.56 bits per heavy atom. The Morgan fingerprint density at radius 2 is 2.31 bits per heavy atom. The van der Waals surface area contributed by atoms with Crippen LogP contribution in [0.4, 0.5) is 0 Å². The van der Waals surface area contributed by atoms with Crippen molar-refractivity contribution in [3.05, 3.63) is 17.5 Å². The molecule has 0 aliphatic heterocycles. The van der Waals surface area contributed by atoms with Crippen LogP contribution in [0, 0.1) is 6.92 Å². The molecule has 1 amide bonds. The molecule has 1 fully saturated rings. The number of amides is 1. The van der Waals surface area contributed by atoms with Gasteiger partial charge in [0.05, 0.1) is 11.8 Å². The number of nitrogens with zero attached hydrogens (tertiary/aromatic N) is 1. The molecule has 16 heavy (non-hydrogen) atoms. The summed E-state index contributed by atoms with van der Waals surface area (Å²) in [5.74, 6) is -0.0254. The summed E-state index contributed by atoms with van der Waals surface area (Å²) in [7, 11) is 0. The van der Waals surface area contributed by atoms with E-state index in [2.05, 4.69) is 31.4 Å². The molecule has 0 saturated heterocycles. The standard InChI is InChI=1S/C11H16BrN3O/c1-7-8(6-13-15-7)11(16)14-10-5-3-2-4-9(10)12/h6,9-10H,2-5H2,1H3,(H,13,15)(H,14,16). The third-order valence-electron chi connectivity index (χ3n) is 3.07. The number of hydrogen-bond acceptors (Lipinski definition) is 2. The van der Waals surface area contributed by atoms with E-state index < -0.39 is 0 Å². The summed E-state index contributed by atoms with van der Waals surface area (Å²) in [5.41, 5.74) is 1.46. The van der Waals surface area contributed by atoms with Crippen molar-refractivity contribution in [2.24, 2.45) is 0 Å². The van der Waals surface area contributed by atoms with Gasteiger partial charge in [0.15, 0.2) is 0 Å². The highest BCUT2D eigenvalue weighted by atomic mass is 79.9. The number of carbonyl (C=O) groups is 1. The lowest BCUT2D eigenvalue weighted by Gasteiger charge is -2.28. The average Bonchev–Trinajstić information content (AvgIpc) is 2.68. The van der Waals surface area contributed by atoms with E-state index >= 15 is 0 Å². The highest BCUT2D eigenvalue weighted by Crippen LogP contribution is 2.24. The number of hydrogen-bond donors (Lipinski definition) is 2. The van der Waals surface area contributed by atoms with E-state index in [1.165, 1.54) is 12.8 Å². The number of alkyl halides is 1. The SMILES string of the molecule is Cc1[nH]ncc1C(=O)NC1CCCCC1Br. The number of halogens is 1. The molecule has 1 saturated carbocycles. The molecule has 1 heterocycles. The van der Waals surface area contributed by atoms with Crippen molar-refractivity contribution in [2.75, 3.05) is 0 Å². The number of aromatic nitrogens is 2. The maximum absolute atomic E-state index is 11.9. The lowest BCUT2D eigenvalue weighted by atomic mass is 9.95. The van der Waals surface area contributed by atoms with Gasteiger partial charge in [-0.25, -0.2) is 0 Å². The Labute approximate surface area is 103 Å². The first-order chi connectivity index (χ1) is 7.68. The minimum Gasteiger partial charge on any atom is -0.348 e. The summed E-state index contributed by atoms with van der Waals surface area (Å²) in [4.78, 5) is 12.3. The first-order valence-electron chi connectivity index (χ1n) is 5.63. The van der Waals surface area contributed by atoms with Crippen molar-refractivity contribution in [2.45, 2.75) is 43.5 Å². The van der Waals surface area contributed by atoms with Crippen molar-refractivity contribution in [1.82, 2.24) is 15.5 Å². The van der Waals surface area contributed by atoms with Crippen LogP contribution in [0.3, 0.4) is 0 Å². The van der Waals surface area contributed by atoms with Gasteiger partial charge in [-0.05, 0) is 19.8 Å². The molecule has 0 radical (unpaired) electrons. The van der Waals surface area contributed by atoms with Crippen LogP contribution in [-0.4, -0.2) is 27.0 Å². The minimum atomic E-state index is -0.0254. The maximum atomic E-state index is 11.9. The van der Waals surface area contributed by atoms with Gasteiger partial charge in [-0.2, -0.15) is 5.10 Å². The van der Waals surface area contributed by atoms with Crippen LogP contribution in [0.25, 0.3) is 0 Å². The fraction of sp³-hybridized carbons (Fsp3) is 0.636. The van der Waals surface area contributed by atoms with Gasteiger partial charge in [-0.15, -0.1) is 0 Å². The van der Waals surface area contributed by atoms with Crippen LogP contribution in [0.2, 0.25) is 0 Å². The zero-order valence-corrected chi connectivity index (χ0v) is 10.9. The zero-order chi connectivity index (χ0) is 11.5. The molecule has 0 aromatic carbocycles. The molecule has 2 N–H and O–H groups in total. The predicted octanol–water partition coefficient (Wildman–Crippen LogP) is 2.15. The second-order valence-corrected chi connectivity index (χ2v) is 5.47. The molecule has 5 heteroatoms. The van der Waals surface area contributed by atoms with Crippen molar-refractivity contribution in [1.29, 1.82) is 0 Å². The van der Waals surface area contributed by atoms with Gasteiger partial charge in [-0.1, -0.05) is 28.8 Å². The van der Waals surface area contributed by atoms with Crippen molar-refractivity contribution < 1.29 is 4.79 Å². The number of carbonyl (C=O) groups excluding carboxylic acids is 1. The molecule has 1 aliphatic carbocycles. The fourth-order valence-electron chi connectivity index (χ4n) is 2.07. The molecule has 1 aromatic heterocycles. The van der Waals surface area contributed by atoms with E-state index in [0.29, 0.717) is 10.4 Å². The molecule has 2 atom stereocenters. The molecule has 1 aliphatic rings. The summed E-state index contributed by atoms with van der Waals surface area (Å²) in [5, 5.41) is 9.70. The Hall–Kier alpha value is -0.840. The number of rotatable bonds is 2. The second kappa shape index (κ2) is 4.99. The molecule has 88 valence electrons. The van der Waals surface area contributed by atoms with Gasteiger partial charge in [-0.3, -0.25) is 9.89 Å². The number of H-pyrrole nitrogens is 1. The van der Waals surface area contributed by atoms with Crippen LogP contribution in [0.1, 0.15) is 41.7 Å². The zero-order valence-electron chi connectivity index (χ0n) is 9.29. The van der Waals surface area contributed by atoms with Gasteiger partial charge in [0.2, 0.25) is 0 Å². The van der Waals surface area contributed by atoms with E-state index in [1.807, 2.05) is 6.92 Å². The largest absolute Gasteiger partial charge is 0.348 e. The number of aromatic amines is 1. The van der Waals surface area contributed by atoms with Gasteiger partial charge >= 0.3 is 0 Å². The quantitative estimate of drug-likeness (QED) is 0.818. The summed E-state index contributed by atoms with van der Waals surface area (Å²) >= 11 is 3.63. The Kier molecular flexibility index (Phi) is 3.63. The molecule has 2 rings (SSSR count). The Bertz CT molecular complexity index is 377. The third-order valence-corrected chi connectivity index (χ3v) is 4.17. The van der Waals surface area contributed by atoms with Gasteiger partial charge in [0.1, 0.15) is 0 Å². The highest BCUT2D eigenvalue weighted by molar-refractivity contribution is 9.09. The van der Waals surface area contributed by atoms with Gasteiger partial charge in [0, 0.05) is 16.6 Å². The fourth-order valence-corrected chi connectivity index (χ4v) is 2.79. The van der Waals surface area contributed by atoms with Crippen LogP contribution in [-0.2, 0) is 0 Å².